The lowest BCUT2D eigenvalue weighted by molar-refractivity contribution is 0.0951. The van der Waals surface area contributed by atoms with Crippen molar-refractivity contribution in [2.75, 3.05) is 0 Å². The molecule has 0 aliphatic heterocycles. The molecule has 0 unspecified atom stereocenters. The van der Waals surface area contributed by atoms with E-state index in [-0.39, 0.29) is 28.2 Å². The van der Waals surface area contributed by atoms with Crippen molar-refractivity contribution in [1.29, 1.82) is 0 Å². The number of halogens is 1. The van der Waals surface area contributed by atoms with Gasteiger partial charge in [0.2, 0.25) is 0 Å². The number of benzene rings is 1. The van der Waals surface area contributed by atoms with Gasteiger partial charge in [-0.3, -0.25) is 9.59 Å². The van der Waals surface area contributed by atoms with E-state index in [1.54, 1.807) is 13.8 Å². The summed E-state index contributed by atoms with van der Waals surface area (Å²) in [6.45, 7) is 3.62. The minimum atomic E-state index is -1.69. The van der Waals surface area contributed by atoms with Gasteiger partial charge in [-0.1, -0.05) is 17.7 Å². The fraction of sp³-hybridized carbons (Fsp3) is 0.200. The molecule has 0 spiro atoms. The van der Waals surface area contributed by atoms with Gasteiger partial charge >= 0.3 is 7.12 Å². The smallest absolute Gasteiger partial charge is 0.423 e. The standard InChI is InChI=1S/C15H16BClN2O4/c1-8-5-9(2)19-15(21)12(8)7-18-14(20)11-6-10(16(22)23)3-4-13(11)17/h3-6,22-23H,7H2,1-2H3,(H,18,20)(H,19,21). The molecule has 6 nitrogen and oxygen atoms in total. The summed E-state index contributed by atoms with van der Waals surface area (Å²) in [6.07, 6.45) is 0. The number of nitrogens with one attached hydrogen (secondary N) is 2. The SMILES string of the molecule is Cc1cc(C)c(CNC(=O)c2cc(B(O)O)ccc2Cl)c(=O)[nH]1. The molecule has 0 aliphatic rings. The van der Waals surface area contributed by atoms with E-state index in [9.17, 15) is 9.59 Å². The van der Waals surface area contributed by atoms with Crippen LogP contribution in [0.4, 0.5) is 0 Å². The van der Waals surface area contributed by atoms with E-state index in [4.69, 9.17) is 21.6 Å². The minimum Gasteiger partial charge on any atom is -0.423 e. The van der Waals surface area contributed by atoms with Gasteiger partial charge in [0.1, 0.15) is 0 Å². The number of aromatic amines is 1. The lowest BCUT2D eigenvalue weighted by Crippen LogP contribution is -2.32. The van der Waals surface area contributed by atoms with Crippen molar-refractivity contribution >= 4 is 30.1 Å². The fourth-order valence-electron chi connectivity index (χ4n) is 2.24. The zero-order chi connectivity index (χ0) is 17.1. The highest BCUT2D eigenvalue weighted by Crippen LogP contribution is 2.14. The molecule has 0 bridgehead atoms. The number of aromatic nitrogens is 1. The molecule has 120 valence electrons. The van der Waals surface area contributed by atoms with E-state index < -0.39 is 13.0 Å². The molecule has 2 rings (SSSR count). The van der Waals surface area contributed by atoms with Gasteiger partial charge < -0.3 is 20.3 Å². The second-order valence-electron chi connectivity index (χ2n) is 5.24. The van der Waals surface area contributed by atoms with Crippen LogP contribution in [0.5, 0.6) is 0 Å². The Morgan fingerprint density at radius 2 is 2.00 bits per heavy atom. The second kappa shape index (κ2) is 7.00. The molecule has 0 saturated carbocycles. The quantitative estimate of drug-likeness (QED) is 0.602. The van der Waals surface area contributed by atoms with Crippen molar-refractivity contribution < 1.29 is 14.8 Å². The second-order valence-corrected chi connectivity index (χ2v) is 5.65. The normalized spacial score (nSPS) is 10.5. The maximum absolute atomic E-state index is 12.2. The molecule has 0 radical (unpaired) electrons. The molecule has 0 saturated heterocycles. The van der Waals surface area contributed by atoms with Crippen LogP contribution in [0.25, 0.3) is 0 Å². The summed E-state index contributed by atoms with van der Waals surface area (Å²) in [7, 11) is -1.69. The molecule has 8 heteroatoms. The predicted octanol–water partition coefficient (Wildman–Crippen LogP) is 0.255. The van der Waals surface area contributed by atoms with Crippen molar-refractivity contribution in [1.82, 2.24) is 10.3 Å². The highest BCUT2D eigenvalue weighted by molar-refractivity contribution is 6.58. The Morgan fingerprint density at radius 1 is 1.30 bits per heavy atom. The van der Waals surface area contributed by atoms with Crippen molar-refractivity contribution in [3.8, 4) is 0 Å². The van der Waals surface area contributed by atoms with Crippen LogP contribution in [0.15, 0.2) is 29.1 Å². The van der Waals surface area contributed by atoms with Crippen LogP contribution in [0.1, 0.15) is 27.2 Å². The monoisotopic (exact) mass is 334 g/mol. The Hall–Kier alpha value is -2.09. The minimum absolute atomic E-state index is 0.0442. The van der Waals surface area contributed by atoms with Crippen LogP contribution in [-0.2, 0) is 6.54 Å². The number of pyridine rings is 1. The van der Waals surface area contributed by atoms with Gasteiger partial charge in [-0.15, -0.1) is 0 Å². The number of aryl methyl sites for hydroxylation is 2. The van der Waals surface area contributed by atoms with Crippen LogP contribution in [-0.4, -0.2) is 28.1 Å². The van der Waals surface area contributed by atoms with E-state index in [0.717, 1.165) is 11.3 Å². The maximum Gasteiger partial charge on any atom is 0.488 e. The van der Waals surface area contributed by atoms with Gasteiger partial charge in [0.05, 0.1) is 10.6 Å². The Labute approximate surface area is 138 Å². The number of hydrogen-bond acceptors (Lipinski definition) is 4. The first-order valence-electron chi connectivity index (χ1n) is 6.92. The van der Waals surface area contributed by atoms with E-state index in [1.807, 2.05) is 6.07 Å². The van der Waals surface area contributed by atoms with Crippen LogP contribution in [0.2, 0.25) is 5.02 Å². The lowest BCUT2D eigenvalue weighted by atomic mass is 9.79. The van der Waals surface area contributed by atoms with Crippen LogP contribution < -0.4 is 16.3 Å². The van der Waals surface area contributed by atoms with Gasteiger partial charge in [0.15, 0.2) is 0 Å². The summed E-state index contributed by atoms with van der Waals surface area (Å²) in [4.78, 5) is 26.8. The summed E-state index contributed by atoms with van der Waals surface area (Å²) < 4.78 is 0. The first kappa shape index (κ1) is 17.3. The van der Waals surface area contributed by atoms with Gasteiger partial charge in [0.25, 0.3) is 11.5 Å². The summed E-state index contributed by atoms with van der Waals surface area (Å²) in [6, 6.07) is 5.95. The Morgan fingerprint density at radius 3 is 2.61 bits per heavy atom. The molecule has 2 aromatic rings. The van der Waals surface area contributed by atoms with E-state index >= 15 is 0 Å². The first-order valence-corrected chi connectivity index (χ1v) is 7.30. The molecule has 23 heavy (non-hydrogen) atoms. The van der Waals surface area contributed by atoms with Gasteiger partial charge in [-0.25, -0.2) is 0 Å². The zero-order valence-electron chi connectivity index (χ0n) is 12.7. The Bertz CT molecular complexity index is 805. The van der Waals surface area contributed by atoms with Gasteiger partial charge in [-0.2, -0.15) is 0 Å². The third kappa shape index (κ3) is 4.01. The molecular formula is C15H16BClN2O4. The number of carbonyl (C=O) groups is 1. The summed E-state index contributed by atoms with van der Waals surface area (Å²) in [5.74, 6) is -0.503. The van der Waals surface area contributed by atoms with Gasteiger partial charge in [0, 0.05) is 17.8 Å². The molecule has 1 aromatic carbocycles. The first-order chi connectivity index (χ1) is 10.8. The highest BCUT2D eigenvalue weighted by atomic mass is 35.5. The molecule has 4 N–H and O–H groups in total. The molecule has 0 aliphatic carbocycles. The van der Waals surface area contributed by atoms with Crippen molar-refractivity contribution in [2.45, 2.75) is 20.4 Å². The predicted molar refractivity (Wildman–Crippen MR) is 89.0 cm³/mol. The van der Waals surface area contributed by atoms with Gasteiger partial charge in [-0.05, 0) is 43.1 Å². The third-order valence-electron chi connectivity index (χ3n) is 3.45. The summed E-state index contributed by atoms with van der Waals surface area (Å²) >= 11 is 5.97. The Balaban J connectivity index is 2.21. The number of rotatable bonds is 4. The van der Waals surface area contributed by atoms with Crippen LogP contribution >= 0.6 is 11.6 Å². The molecule has 0 fully saturated rings. The molecule has 0 atom stereocenters. The third-order valence-corrected chi connectivity index (χ3v) is 3.78. The zero-order valence-corrected chi connectivity index (χ0v) is 13.4. The number of hydrogen-bond donors (Lipinski definition) is 4. The topological polar surface area (TPSA) is 102 Å². The Kier molecular flexibility index (Phi) is 5.25. The van der Waals surface area contributed by atoms with E-state index in [1.165, 1.54) is 18.2 Å². The number of H-pyrrole nitrogens is 1. The molecule has 1 aromatic heterocycles. The van der Waals surface area contributed by atoms with Crippen LogP contribution in [0.3, 0.4) is 0 Å². The van der Waals surface area contributed by atoms with Crippen LogP contribution in [0, 0.1) is 13.8 Å². The van der Waals surface area contributed by atoms with Crippen molar-refractivity contribution in [3.63, 3.8) is 0 Å². The number of carbonyl (C=O) groups excluding carboxylic acids is 1. The van der Waals surface area contributed by atoms with E-state index in [0.29, 0.717) is 5.56 Å². The van der Waals surface area contributed by atoms with Crippen molar-refractivity contribution in [3.05, 3.63) is 62.0 Å². The average molecular weight is 335 g/mol. The highest BCUT2D eigenvalue weighted by Gasteiger charge is 2.17. The largest absolute Gasteiger partial charge is 0.488 e. The lowest BCUT2D eigenvalue weighted by Gasteiger charge is -2.10. The fourth-order valence-corrected chi connectivity index (χ4v) is 2.45. The summed E-state index contributed by atoms with van der Waals surface area (Å²) in [5.41, 5.74) is 1.99. The van der Waals surface area contributed by atoms with E-state index in [2.05, 4.69) is 10.3 Å². The molecular weight excluding hydrogens is 318 g/mol. The molecule has 1 amide bonds. The average Bonchev–Trinajstić information content (AvgIpc) is 2.46. The maximum atomic E-state index is 12.2. The summed E-state index contributed by atoms with van der Waals surface area (Å²) in [5, 5.41) is 21.1. The molecule has 1 heterocycles. The van der Waals surface area contributed by atoms with Crippen molar-refractivity contribution in [2.24, 2.45) is 0 Å². The number of amides is 1.